The van der Waals surface area contributed by atoms with Gasteiger partial charge < -0.3 is 9.64 Å². The van der Waals surface area contributed by atoms with E-state index in [1.54, 1.807) is 53.4 Å². The third-order valence-corrected chi connectivity index (χ3v) is 6.38. The van der Waals surface area contributed by atoms with Crippen molar-refractivity contribution in [3.63, 3.8) is 0 Å². The molecule has 0 bridgehead atoms. The fourth-order valence-electron chi connectivity index (χ4n) is 3.33. The van der Waals surface area contributed by atoms with Crippen molar-refractivity contribution >= 4 is 21.6 Å². The van der Waals surface area contributed by atoms with Gasteiger partial charge in [-0.2, -0.15) is 0 Å². The highest BCUT2D eigenvalue weighted by molar-refractivity contribution is 7.92. The van der Waals surface area contributed by atoms with Crippen LogP contribution in [0.3, 0.4) is 0 Å². The number of carbonyl (C=O) groups is 1. The largest absolute Gasteiger partial charge is 0.378 e. The van der Waals surface area contributed by atoms with Gasteiger partial charge in [-0.1, -0.05) is 24.3 Å². The van der Waals surface area contributed by atoms with E-state index in [2.05, 4.69) is 4.72 Å². The molecule has 6 nitrogen and oxygen atoms in total. The van der Waals surface area contributed by atoms with Crippen LogP contribution in [-0.4, -0.2) is 45.5 Å². The number of rotatable bonds is 5. The Morgan fingerprint density at radius 2 is 1.58 bits per heavy atom. The van der Waals surface area contributed by atoms with Gasteiger partial charge >= 0.3 is 0 Å². The van der Waals surface area contributed by atoms with E-state index >= 15 is 0 Å². The molecular formula is C23H21FN2O4S. The van der Waals surface area contributed by atoms with Crippen molar-refractivity contribution in [3.8, 4) is 11.1 Å². The predicted molar refractivity (Wildman–Crippen MR) is 116 cm³/mol. The first-order chi connectivity index (χ1) is 14.9. The van der Waals surface area contributed by atoms with E-state index in [1.807, 2.05) is 0 Å². The lowest BCUT2D eigenvalue weighted by Crippen LogP contribution is -2.40. The first-order valence-electron chi connectivity index (χ1n) is 9.78. The van der Waals surface area contributed by atoms with Gasteiger partial charge in [0.25, 0.3) is 15.9 Å². The van der Waals surface area contributed by atoms with E-state index in [9.17, 15) is 17.6 Å². The second-order valence-electron chi connectivity index (χ2n) is 7.12. The highest BCUT2D eigenvalue weighted by atomic mass is 32.2. The SMILES string of the molecule is O=C(c1ccc(NS(=O)(=O)c2cccc(-c3ccc(F)cc3)c2)cc1)N1CCOCC1. The molecule has 1 aliphatic heterocycles. The van der Waals surface area contributed by atoms with Crippen LogP contribution < -0.4 is 4.72 Å². The van der Waals surface area contributed by atoms with Gasteiger partial charge in [0.1, 0.15) is 5.82 Å². The number of sulfonamides is 1. The number of carbonyl (C=O) groups excluding carboxylic acids is 1. The lowest BCUT2D eigenvalue weighted by Gasteiger charge is -2.26. The van der Waals surface area contributed by atoms with Crippen LogP contribution in [0.4, 0.5) is 10.1 Å². The molecule has 1 N–H and O–H groups in total. The summed E-state index contributed by atoms with van der Waals surface area (Å²) in [4.78, 5) is 14.3. The standard InChI is InChI=1S/C23H21FN2O4S/c24-20-8-4-17(5-9-20)19-2-1-3-22(16-19)31(28,29)25-21-10-6-18(7-11-21)23(27)26-12-14-30-15-13-26/h1-11,16,25H,12-15H2. The Kier molecular flexibility index (Phi) is 6.01. The Bertz CT molecular complexity index is 1170. The molecule has 0 aromatic heterocycles. The Morgan fingerprint density at radius 1 is 0.903 bits per heavy atom. The van der Waals surface area contributed by atoms with Gasteiger partial charge in [0.05, 0.1) is 18.1 Å². The molecule has 0 radical (unpaired) electrons. The molecule has 0 atom stereocenters. The smallest absolute Gasteiger partial charge is 0.261 e. The Morgan fingerprint density at radius 3 is 2.26 bits per heavy atom. The Labute approximate surface area is 180 Å². The molecule has 8 heteroatoms. The average molecular weight is 440 g/mol. The summed E-state index contributed by atoms with van der Waals surface area (Å²) >= 11 is 0. The molecule has 1 amide bonds. The summed E-state index contributed by atoms with van der Waals surface area (Å²) in [7, 11) is -3.84. The molecule has 0 saturated carbocycles. The molecule has 4 rings (SSSR count). The summed E-state index contributed by atoms with van der Waals surface area (Å²) in [5, 5.41) is 0. The molecule has 1 heterocycles. The monoisotopic (exact) mass is 440 g/mol. The average Bonchev–Trinajstić information content (AvgIpc) is 2.80. The lowest BCUT2D eigenvalue weighted by atomic mass is 10.1. The van der Waals surface area contributed by atoms with Crippen LogP contribution in [0.2, 0.25) is 0 Å². The number of ether oxygens (including phenoxy) is 1. The van der Waals surface area contributed by atoms with Gasteiger partial charge in [0.15, 0.2) is 0 Å². The van der Waals surface area contributed by atoms with Crippen LogP contribution in [0.25, 0.3) is 11.1 Å². The molecule has 1 fully saturated rings. The van der Waals surface area contributed by atoms with Crippen LogP contribution in [0.5, 0.6) is 0 Å². The lowest BCUT2D eigenvalue weighted by molar-refractivity contribution is 0.0303. The second-order valence-corrected chi connectivity index (χ2v) is 8.80. The number of hydrogen-bond donors (Lipinski definition) is 1. The number of halogens is 1. The minimum absolute atomic E-state index is 0.0859. The fraction of sp³-hybridized carbons (Fsp3) is 0.174. The zero-order chi connectivity index (χ0) is 21.8. The van der Waals surface area contributed by atoms with Crippen molar-refractivity contribution in [2.45, 2.75) is 4.90 Å². The summed E-state index contributed by atoms with van der Waals surface area (Å²) in [5.74, 6) is -0.463. The molecular weight excluding hydrogens is 419 g/mol. The van der Waals surface area contributed by atoms with E-state index in [-0.39, 0.29) is 16.6 Å². The molecule has 0 spiro atoms. The summed E-state index contributed by atoms with van der Waals surface area (Å²) in [6.07, 6.45) is 0. The van der Waals surface area contributed by atoms with Gasteiger partial charge in [-0.25, -0.2) is 12.8 Å². The normalized spacial score (nSPS) is 14.3. The molecule has 0 unspecified atom stereocenters. The highest BCUT2D eigenvalue weighted by Crippen LogP contribution is 2.24. The van der Waals surface area contributed by atoms with Crippen molar-refractivity contribution in [2.75, 3.05) is 31.0 Å². The minimum Gasteiger partial charge on any atom is -0.378 e. The number of hydrogen-bond acceptors (Lipinski definition) is 4. The topological polar surface area (TPSA) is 75.7 Å². The highest BCUT2D eigenvalue weighted by Gasteiger charge is 2.19. The van der Waals surface area contributed by atoms with E-state index < -0.39 is 10.0 Å². The number of nitrogens with zero attached hydrogens (tertiary/aromatic N) is 1. The Hall–Kier alpha value is -3.23. The third kappa shape index (κ3) is 4.92. The van der Waals surface area contributed by atoms with Crippen molar-refractivity contribution in [2.24, 2.45) is 0 Å². The van der Waals surface area contributed by atoms with E-state index in [1.165, 1.54) is 24.3 Å². The summed E-state index contributed by atoms with van der Waals surface area (Å²) in [5.41, 5.74) is 2.22. The maximum atomic E-state index is 13.2. The van der Waals surface area contributed by atoms with Crippen molar-refractivity contribution in [1.29, 1.82) is 0 Å². The van der Waals surface area contributed by atoms with Crippen LogP contribution in [0, 0.1) is 5.82 Å². The van der Waals surface area contributed by atoms with Gasteiger partial charge in [-0.05, 0) is 59.7 Å². The number of anilines is 1. The number of morpholine rings is 1. The van der Waals surface area contributed by atoms with Crippen molar-refractivity contribution in [3.05, 3.63) is 84.2 Å². The summed E-state index contributed by atoms with van der Waals surface area (Å²) in [6.45, 7) is 2.11. The molecule has 3 aromatic rings. The molecule has 3 aromatic carbocycles. The zero-order valence-corrected chi connectivity index (χ0v) is 17.4. The van der Waals surface area contributed by atoms with Gasteiger partial charge in [-0.3, -0.25) is 9.52 Å². The maximum Gasteiger partial charge on any atom is 0.261 e. The van der Waals surface area contributed by atoms with Crippen LogP contribution >= 0.6 is 0 Å². The molecule has 0 aliphatic carbocycles. The van der Waals surface area contributed by atoms with Gasteiger partial charge in [0.2, 0.25) is 0 Å². The van der Waals surface area contributed by atoms with Crippen LogP contribution in [-0.2, 0) is 14.8 Å². The van der Waals surface area contributed by atoms with E-state index in [4.69, 9.17) is 4.74 Å². The first kappa shape index (κ1) is 21.0. The number of nitrogens with one attached hydrogen (secondary N) is 1. The summed E-state index contributed by atoms with van der Waals surface area (Å²) < 4.78 is 46.6. The van der Waals surface area contributed by atoms with E-state index in [0.717, 1.165) is 0 Å². The Balaban J connectivity index is 1.50. The van der Waals surface area contributed by atoms with E-state index in [0.29, 0.717) is 48.7 Å². The summed E-state index contributed by atoms with van der Waals surface area (Å²) in [6, 6.07) is 18.6. The predicted octanol–water partition coefficient (Wildman–Crippen LogP) is 3.77. The molecule has 1 aliphatic rings. The molecule has 31 heavy (non-hydrogen) atoms. The van der Waals surface area contributed by atoms with Gasteiger partial charge in [0, 0.05) is 24.3 Å². The second kappa shape index (κ2) is 8.87. The van der Waals surface area contributed by atoms with Crippen molar-refractivity contribution in [1.82, 2.24) is 4.90 Å². The maximum absolute atomic E-state index is 13.2. The number of benzene rings is 3. The van der Waals surface area contributed by atoms with Crippen LogP contribution in [0.15, 0.2) is 77.7 Å². The fourth-order valence-corrected chi connectivity index (χ4v) is 4.43. The third-order valence-electron chi connectivity index (χ3n) is 5.00. The first-order valence-corrected chi connectivity index (χ1v) is 11.3. The number of amides is 1. The van der Waals surface area contributed by atoms with Crippen LogP contribution in [0.1, 0.15) is 10.4 Å². The van der Waals surface area contributed by atoms with Crippen molar-refractivity contribution < 1.29 is 22.3 Å². The zero-order valence-electron chi connectivity index (χ0n) is 16.6. The molecule has 1 saturated heterocycles. The minimum atomic E-state index is -3.84. The molecule has 160 valence electrons. The quantitative estimate of drug-likeness (QED) is 0.655. The van der Waals surface area contributed by atoms with Gasteiger partial charge in [-0.15, -0.1) is 0 Å².